The van der Waals surface area contributed by atoms with Gasteiger partial charge >= 0.3 is 0 Å². The van der Waals surface area contributed by atoms with Crippen LogP contribution in [0, 0.1) is 0 Å². The van der Waals surface area contributed by atoms with Crippen molar-refractivity contribution in [2.75, 3.05) is 37.7 Å². The van der Waals surface area contributed by atoms with E-state index in [1.807, 2.05) is 35.5 Å². The number of hydrogen-bond donors (Lipinski definition) is 0. The van der Waals surface area contributed by atoms with Crippen molar-refractivity contribution in [2.45, 2.75) is 0 Å². The molecule has 1 aromatic heterocycles. The number of piperazine rings is 1. The predicted octanol–water partition coefficient (Wildman–Crippen LogP) is 2.64. The topological polar surface area (TPSA) is 46.9 Å². The van der Waals surface area contributed by atoms with Crippen molar-refractivity contribution in [1.29, 1.82) is 0 Å². The molecule has 1 saturated heterocycles. The summed E-state index contributed by atoms with van der Waals surface area (Å²) in [4.78, 5) is 19.4. The lowest BCUT2D eigenvalue weighted by Gasteiger charge is -2.35. The highest BCUT2D eigenvalue weighted by Gasteiger charge is 2.22. The minimum atomic E-state index is -0.0185. The average molecular weight is 412 g/mol. The highest BCUT2D eigenvalue weighted by molar-refractivity contribution is 9.10. The minimum absolute atomic E-state index is 0.00164. The predicted molar refractivity (Wildman–Crippen MR) is 96.4 cm³/mol. The lowest BCUT2D eigenvalue weighted by Crippen LogP contribution is -2.50. The number of carbonyl (C=O) groups is 1. The molecular weight excluding hydrogens is 394 g/mol. The van der Waals surface area contributed by atoms with Crippen LogP contribution in [0.4, 0.5) is 5.69 Å². The van der Waals surface area contributed by atoms with Crippen LogP contribution in [0.25, 0.3) is 0 Å². The second-order valence-corrected chi connectivity index (χ2v) is 6.81. The highest BCUT2D eigenvalue weighted by Crippen LogP contribution is 2.27. The van der Waals surface area contributed by atoms with E-state index in [-0.39, 0.29) is 12.5 Å². The number of rotatable bonds is 4. The number of pyridine rings is 1. The number of aromatic nitrogens is 1. The van der Waals surface area contributed by atoms with E-state index in [9.17, 15) is 4.79 Å². The number of anilines is 1. The van der Waals surface area contributed by atoms with E-state index in [0.29, 0.717) is 23.9 Å². The van der Waals surface area contributed by atoms with Gasteiger partial charge in [-0.15, -0.1) is 0 Å². The molecule has 1 aromatic carbocycles. The number of hydrogen-bond acceptors (Lipinski definition) is 3. The molecule has 1 fully saturated rings. The van der Waals surface area contributed by atoms with Crippen LogP contribution >= 0.6 is 27.5 Å². The molecule has 0 atom stereocenters. The van der Waals surface area contributed by atoms with E-state index < -0.39 is 0 Å². The highest BCUT2D eigenvalue weighted by atomic mass is 79.9. The van der Waals surface area contributed by atoms with E-state index in [1.165, 1.54) is 5.69 Å². The quantitative estimate of drug-likeness (QED) is 0.777. The summed E-state index contributed by atoms with van der Waals surface area (Å²) < 4.78 is 6.43. The Labute approximate surface area is 154 Å². The molecular formula is C17H18BrClN3O2+. The third-order valence-electron chi connectivity index (χ3n) is 3.94. The van der Waals surface area contributed by atoms with Crippen molar-refractivity contribution in [1.82, 2.24) is 4.90 Å². The zero-order valence-electron chi connectivity index (χ0n) is 13.0. The molecule has 0 bridgehead atoms. The van der Waals surface area contributed by atoms with Gasteiger partial charge in [0.2, 0.25) is 0 Å². The summed E-state index contributed by atoms with van der Waals surface area (Å²) in [5.74, 6) is 0.502. The largest absolute Gasteiger partial charge is 0.482 e. The van der Waals surface area contributed by atoms with Gasteiger partial charge in [-0.05, 0) is 18.2 Å². The molecule has 0 radical (unpaired) electrons. The van der Waals surface area contributed by atoms with Crippen molar-refractivity contribution >= 4 is 39.1 Å². The third-order valence-corrected chi connectivity index (χ3v) is 4.73. The molecule has 5 nitrogen and oxygen atoms in total. The number of halogens is 2. The fourth-order valence-corrected chi connectivity index (χ4v) is 3.35. The van der Waals surface area contributed by atoms with Gasteiger partial charge in [0, 0.05) is 48.5 Å². The maximum atomic E-state index is 12.3. The van der Waals surface area contributed by atoms with E-state index in [2.05, 4.69) is 25.8 Å². The summed E-state index contributed by atoms with van der Waals surface area (Å²) in [5.41, 5.74) is 1.17. The number of nitrogens with zero attached hydrogens (tertiary/aromatic N) is 2. The van der Waals surface area contributed by atoms with Crippen LogP contribution < -0.4 is 14.6 Å². The number of H-pyrrole nitrogens is 1. The summed E-state index contributed by atoms with van der Waals surface area (Å²) in [7, 11) is 0. The Bertz CT molecular complexity index is 706. The summed E-state index contributed by atoms with van der Waals surface area (Å²) in [6, 6.07) is 9.41. The van der Waals surface area contributed by atoms with Crippen LogP contribution in [0.5, 0.6) is 5.75 Å². The van der Waals surface area contributed by atoms with E-state index in [0.717, 1.165) is 17.6 Å². The van der Waals surface area contributed by atoms with Crippen LogP contribution in [0.1, 0.15) is 0 Å². The molecule has 1 N–H and O–H groups in total. The molecule has 3 rings (SSSR count). The summed E-state index contributed by atoms with van der Waals surface area (Å²) >= 11 is 9.44. The van der Waals surface area contributed by atoms with Gasteiger partial charge in [0.1, 0.15) is 5.75 Å². The second kappa shape index (κ2) is 7.85. The van der Waals surface area contributed by atoms with Gasteiger partial charge < -0.3 is 14.5 Å². The summed E-state index contributed by atoms with van der Waals surface area (Å²) in [6.07, 6.45) is 3.81. The van der Waals surface area contributed by atoms with Crippen molar-refractivity contribution in [2.24, 2.45) is 0 Å². The Kier molecular flexibility index (Phi) is 5.58. The first kappa shape index (κ1) is 17.0. The Morgan fingerprint density at radius 1 is 1.17 bits per heavy atom. The number of aromatic amines is 1. The molecule has 24 heavy (non-hydrogen) atoms. The van der Waals surface area contributed by atoms with Crippen molar-refractivity contribution in [3.63, 3.8) is 0 Å². The maximum absolute atomic E-state index is 12.3. The van der Waals surface area contributed by atoms with E-state index >= 15 is 0 Å². The molecule has 126 valence electrons. The van der Waals surface area contributed by atoms with E-state index in [1.54, 1.807) is 12.1 Å². The molecule has 1 aliphatic heterocycles. The first-order chi connectivity index (χ1) is 11.6. The van der Waals surface area contributed by atoms with E-state index in [4.69, 9.17) is 16.3 Å². The fraction of sp³-hybridized carbons (Fsp3) is 0.294. The molecule has 2 aromatic rings. The molecule has 0 aliphatic carbocycles. The maximum Gasteiger partial charge on any atom is 0.260 e. The number of carbonyl (C=O) groups excluding carboxylic acids is 1. The minimum Gasteiger partial charge on any atom is -0.482 e. The Morgan fingerprint density at radius 2 is 1.88 bits per heavy atom. The first-order valence-electron chi connectivity index (χ1n) is 7.70. The van der Waals surface area contributed by atoms with Gasteiger partial charge in [-0.2, -0.15) is 0 Å². The Hall–Kier alpha value is -1.79. The molecule has 0 spiro atoms. The van der Waals surface area contributed by atoms with Crippen LogP contribution in [-0.4, -0.2) is 43.6 Å². The second-order valence-electron chi connectivity index (χ2n) is 5.49. The number of benzene rings is 1. The zero-order valence-corrected chi connectivity index (χ0v) is 15.4. The standard InChI is InChI=1S/C17H17BrClN3O2/c18-13-1-2-16(15(19)11-13)24-12-17(23)22-9-7-21(8-10-22)14-3-5-20-6-4-14/h1-6,11H,7-10,12H2/p+1. The van der Waals surface area contributed by atoms with Gasteiger partial charge in [-0.1, -0.05) is 27.5 Å². The monoisotopic (exact) mass is 410 g/mol. The zero-order chi connectivity index (χ0) is 16.9. The summed E-state index contributed by atoms with van der Waals surface area (Å²) in [6.45, 7) is 3.01. The van der Waals surface area contributed by atoms with Crippen LogP contribution in [-0.2, 0) is 4.79 Å². The van der Waals surface area contributed by atoms with Crippen LogP contribution in [0.2, 0.25) is 5.02 Å². The Morgan fingerprint density at radius 3 is 2.54 bits per heavy atom. The van der Waals surface area contributed by atoms with Crippen molar-refractivity contribution < 1.29 is 14.5 Å². The summed E-state index contributed by atoms with van der Waals surface area (Å²) in [5, 5.41) is 0.489. The Balaban J connectivity index is 1.50. The van der Waals surface area contributed by atoms with Crippen LogP contribution in [0.3, 0.4) is 0 Å². The SMILES string of the molecule is O=C(COc1ccc(Br)cc1Cl)N1CCN(c2cc[nH+]cc2)CC1. The number of amides is 1. The number of nitrogens with one attached hydrogen (secondary N) is 1. The molecule has 1 amide bonds. The van der Waals surface area contributed by atoms with Gasteiger partial charge in [0.25, 0.3) is 5.91 Å². The van der Waals surface area contributed by atoms with Crippen molar-refractivity contribution in [3.05, 3.63) is 52.2 Å². The lowest BCUT2D eigenvalue weighted by molar-refractivity contribution is -0.377. The molecule has 0 saturated carbocycles. The van der Waals surface area contributed by atoms with Gasteiger partial charge in [0.05, 0.1) is 5.02 Å². The molecule has 2 heterocycles. The molecule has 0 unspecified atom stereocenters. The van der Waals surface area contributed by atoms with Gasteiger partial charge in [-0.25, -0.2) is 4.98 Å². The van der Waals surface area contributed by atoms with Crippen molar-refractivity contribution in [3.8, 4) is 5.75 Å². The smallest absolute Gasteiger partial charge is 0.260 e. The fourth-order valence-electron chi connectivity index (χ4n) is 2.63. The first-order valence-corrected chi connectivity index (χ1v) is 8.87. The normalized spacial score (nSPS) is 14.6. The lowest BCUT2D eigenvalue weighted by atomic mass is 10.2. The van der Waals surface area contributed by atoms with Crippen LogP contribution in [0.15, 0.2) is 47.2 Å². The third kappa shape index (κ3) is 4.19. The van der Waals surface area contributed by atoms with Gasteiger partial charge in [-0.3, -0.25) is 4.79 Å². The average Bonchev–Trinajstić information content (AvgIpc) is 2.62. The number of ether oxygens (including phenoxy) is 1. The molecule has 1 aliphatic rings. The van der Waals surface area contributed by atoms with Gasteiger partial charge in [0.15, 0.2) is 19.0 Å². The molecule has 7 heteroatoms.